The molecule has 3 nitrogen and oxygen atoms in total. The largest absolute Gasteiger partial charge is 0.312 e. The van der Waals surface area contributed by atoms with Crippen LogP contribution in [0, 0.1) is 30.9 Å². The van der Waals surface area contributed by atoms with E-state index in [1.165, 1.54) is 29.3 Å². The molecule has 1 saturated carbocycles. The summed E-state index contributed by atoms with van der Waals surface area (Å²) in [6.07, 6.45) is 7.21. The van der Waals surface area contributed by atoms with E-state index in [4.69, 9.17) is 10.7 Å². The Morgan fingerprint density at radius 1 is 1.16 bits per heavy atom. The fourth-order valence-corrected chi connectivity index (χ4v) is 5.88. The van der Waals surface area contributed by atoms with Gasteiger partial charge in [0.15, 0.2) is 0 Å². The molecule has 2 aromatic carbocycles. The molecule has 2 aromatic rings. The molecule has 0 saturated heterocycles. The summed E-state index contributed by atoms with van der Waals surface area (Å²) in [4.78, 5) is 7.01. The van der Waals surface area contributed by atoms with Gasteiger partial charge < -0.3 is 5.73 Å². The number of fused-ring (bicyclic) bond motifs is 3. The van der Waals surface area contributed by atoms with Gasteiger partial charge in [-0.2, -0.15) is 0 Å². The Morgan fingerprint density at radius 2 is 1.84 bits per heavy atom. The van der Waals surface area contributed by atoms with Gasteiger partial charge in [0.1, 0.15) is 11.6 Å². The van der Waals surface area contributed by atoms with Gasteiger partial charge >= 0.3 is 0 Å². The Kier molecular flexibility index (Phi) is 9.49. The highest BCUT2D eigenvalue weighted by molar-refractivity contribution is 6.14. The number of nitrogens with two attached hydrogens (primary N) is 1. The lowest BCUT2D eigenvalue weighted by Gasteiger charge is -2.46. The van der Waals surface area contributed by atoms with E-state index in [1.807, 2.05) is 46.0 Å². The lowest BCUT2D eigenvalue weighted by Crippen LogP contribution is -2.45. The zero-order valence-electron chi connectivity index (χ0n) is 22.5. The van der Waals surface area contributed by atoms with E-state index in [1.54, 1.807) is 6.08 Å². The molecule has 204 valence electrons. The van der Waals surface area contributed by atoms with Crippen LogP contribution in [0.5, 0.6) is 0 Å². The summed E-state index contributed by atoms with van der Waals surface area (Å²) in [6, 6.07) is 9.75. The molecule has 0 aromatic heterocycles. The Balaban J connectivity index is 0.00000400. The van der Waals surface area contributed by atoms with Crippen LogP contribution in [0.1, 0.15) is 54.9 Å². The van der Waals surface area contributed by atoms with Crippen LogP contribution >= 0.6 is 0 Å². The lowest BCUT2D eigenvalue weighted by atomic mass is 9.59. The molecule has 0 amide bonds. The molecule has 1 unspecified atom stereocenters. The Morgan fingerprint density at radius 3 is 2.47 bits per heavy atom. The average Bonchev–Trinajstić information content (AvgIpc) is 3.01. The van der Waals surface area contributed by atoms with Crippen molar-refractivity contribution >= 4 is 5.71 Å². The van der Waals surface area contributed by atoms with Gasteiger partial charge in [0.05, 0.1) is 30.3 Å². The number of likely N-dealkylation sites (N-methyl/N-ethyl adjacent to an activating group) is 1. The smallest absolute Gasteiger partial charge is 0.135 e. The zero-order chi connectivity index (χ0) is 26.7. The SMILES string of the molecule is C/C=C(\CC/C=C/F)C12CC(=C(CN=C(c3cc(C)ccc3C)c3c(F)cccc3F)C(N)N(C)C1)C2.F. The number of allylic oxidation sites excluding steroid dienone is 3. The molecule has 1 fully saturated rings. The minimum absolute atomic E-state index is 0. The Hall–Kier alpha value is -3.03. The monoisotopic (exact) mass is 527 g/mol. The number of hydrogen-bond acceptors (Lipinski definition) is 3. The number of aryl methyl sites for hydroxylation is 2. The van der Waals surface area contributed by atoms with E-state index in [-0.39, 0.29) is 28.4 Å². The zero-order valence-corrected chi connectivity index (χ0v) is 22.5. The third kappa shape index (κ3) is 5.69. The average molecular weight is 528 g/mol. The highest BCUT2D eigenvalue weighted by atomic mass is 19.1. The maximum Gasteiger partial charge on any atom is 0.135 e. The predicted octanol–water partition coefficient (Wildman–Crippen LogP) is 7.09. The van der Waals surface area contributed by atoms with Crippen molar-refractivity contribution in [2.24, 2.45) is 16.1 Å². The second kappa shape index (κ2) is 12.2. The summed E-state index contributed by atoms with van der Waals surface area (Å²) in [6.45, 7) is 6.99. The molecule has 3 aliphatic rings. The molecule has 2 heterocycles. The minimum atomic E-state index is -0.637. The summed E-state index contributed by atoms with van der Waals surface area (Å²) in [5.74, 6) is -1.27. The van der Waals surface area contributed by atoms with Crippen LogP contribution in [-0.2, 0) is 0 Å². The molecular formula is C31H37F4N3. The first-order valence-electron chi connectivity index (χ1n) is 12.8. The van der Waals surface area contributed by atoms with Gasteiger partial charge in [0, 0.05) is 17.5 Å². The highest BCUT2D eigenvalue weighted by Gasteiger charge is 2.48. The van der Waals surface area contributed by atoms with Gasteiger partial charge in [0.2, 0.25) is 0 Å². The highest BCUT2D eigenvalue weighted by Crippen LogP contribution is 2.55. The Bertz CT molecular complexity index is 1260. The van der Waals surface area contributed by atoms with Crippen LogP contribution < -0.4 is 5.73 Å². The fraction of sp³-hybridized carbons (Fsp3) is 0.387. The number of hydrogen-bond donors (Lipinski definition) is 1. The number of nitrogens with zero attached hydrogens (tertiary/aromatic N) is 2. The summed E-state index contributed by atoms with van der Waals surface area (Å²) >= 11 is 0. The summed E-state index contributed by atoms with van der Waals surface area (Å²) in [7, 11) is 2.01. The van der Waals surface area contributed by atoms with Crippen molar-refractivity contribution in [2.45, 2.75) is 52.6 Å². The molecular weight excluding hydrogens is 490 g/mol. The van der Waals surface area contributed by atoms with Crippen molar-refractivity contribution in [3.8, 4) is 0 Å². The number of aliphatic imine (C=N–C) groups is 1. The standard InChI is InChI=1S/C31H36F3N3.FH/c1-5-23(9-6-7-14-32)31-16-22(17-31)25(30(35)37(4)19-31)18-36-29(24-15-20(2)12-13-21(24)3)28-26(33)10-8-11-27(28)34;/h5,7-8,10-15,30H,6,9,16-19,35H2,1-4H3;1H/b14-7+,23-5+,36-29?;. The fourth-order valence-electron chi connectivity index (χ4n) is 5.88. The van der Waals surface area contributed by atoms with Gasteiger partial charge in [-0.3, -0.25) is 14.6 Å². The van der Waals surface area contributed by atoms with Crippen molar-refractivity contribution in [3.63, 3.8) is 0 Å². The van der Waals surface area contributed by atoms with Crippen LogP contribution in [0.2, 0.25) is 0 Å². The van der Waals surface area contributed by atoms with Crippen molar-refractivity contribution < 1.29 is 17.9 Å². The molecule has 0 spiro atoms. The first kappa shape index (κ1) is 29.5. The Labute approximate surface area is 223 Å². The van der Waals surface area contributed by atoms with E-state index in [0.717, 1.165) is 42.5 Å². The predicted molar refractivity (Wildman–Crippen MR) is 148 cm³/mol. The van der Waals surface area contributed by atoms with E-state index in [9.17, 15) is 13.2 Å². The second-order valence-corrected chi connectivity index (χ2v) is 10.4. The minimum Gasteiger partial charge on any atom is -0.312 e. The summed E-state index contributed by atoms with van der Waals surface area (Å²) in [5, 5.41) is 0. The van der Waals surface area contributed by atoms with Crippen LogP contribution in [0.3, 0.4) is 0 Å². The van der Waals surface area contributed by atoms with Crippen LogP contribution in [0.4, 0.5) is 17.9 Å². The molecule has 2 aliphatic heterocycles. The summed E-state index contributed by atoms with van der Waals surface area (Å²) in [5.41, 5.74) is 13.1. The number of rotatable bonds is 8. The van der Waals surface area contributed by atoms with Crippen molar-refractivity contribution in [3.05, 3.63) is 105 Å². The molecule has 1 atom stereocenters. The molecule has 0 radical (unpaired) electrons. The van der Waals surface area contributed by atoms with Gasteiger partial charge in [0.25, 0.3) is 0 Å². The quantitative estimate of drug-likeness (QED) is 0.226. The number of benzene rings is 2. The van der Waals surface area contributed by atoms with Gasteiger partial charge in [-0.15, -0.1) is 0 Å². The first-order valence-corrected chi connectivity index (χ1v) is 12.8. The van der Waals surface area contributed by atoms with E-state index < -0.39 is 11.6 Å². The van der Waals surface area contributed by atoms with Gasteiger partial charge in [-0.1, -0.05) is 47.1 Å². The van der Waals surface area contributed by atoms with Crippen molar-refractivity contribution in [2.75, 3.05) is 20.1 Å². The van der Waals surface area contributed by atoms with Crippen molar-refractivity contribution in [1.29, 1.82) is 0 Å². The van der Waals surface area contributed by atoms with Gasteiger partial charge in [-0.25, -0.2) is 13.2 Å². The molecule has 2 N–H and O–H groups in total. The normalized spacial score (nSPS) is 22.4. The molecule has 5 rings (SSSR count). The third-order valence-corrected chi connectivity index (χ3v) is 7.90. The van der Waals surface area contributed by atoms with E-state index >= 15 is 0 Å². The van der Waals surface area contributed by atoms with Crippen LogP contribution in [0.15, 0.2) is 76.6 Å². The topological polar surface area (TPSA) is 41.6 Å². The number of halogens is 4. The maximum atomic E-state index is 15.0. The van der Waals surface area contributed by atoms with E-state index in [2.05, 4.69) is 11.0 Å². The van der Waals surface area contributed by atoms with E-state index in [0.29, 0.717) is 24.0 Å². The first-order chi connectivity index (χ1) is 17.7. The van der Waals surface area contributed by atoms with Crippen LogP contribution in [-0.4, -0.2) is 36.9 Å². The van der Waals surface area contributed by atoms with Gasteiger partial charge in [-0.05, 0) is 82.8 Å². The maximum absolute atomic E-state index is 15.0. The molecule has 7 heteroatoms. The summed E-state index contributed by atoms with van der Waals surface area (Å²) < 4.78 is 42.5. The molecule has 2 bridgehead atoms. The lowest BCUT2D eigenvalue weighted by molar-refractivity contribution is 0.161. The second-order valence-electron chi connectivity index (χ2n) is 10.4. The van der Waals surface area contributed by atoms with Crippen LogP contribution in [0.25, 0.3) is 0 Å². The van der Waals surface area contributed by atoms with Crippen molar-refractivity contribution in [1.82, 2.24) is 4.90 Å². The third-order valence-electron chi connectivity index (χ3n) is 7.90. The molecule has 38 heavy (non-hydrogen) atoms. The molecule has 1 aliphatic carbocycles.